The lowest BCUT2D eigenvalue weighted by Gasteiger charge is -2.28. The number of nitrogens with zero attached hydrogens (tertiary/aromatic N) is 2. The van der Waals surface area contributed by atoms with Crippen molar-refractivity contribution < 1.29 is 14.3 Å². The highest BCUT2D eigenvalue weighted by atomic mass is 16.5. The third-order valence-corrected chi connectivity index (χ3v) is 4.78. The molecule has 0 saturated carbocycles. The summed E-state index contributed by atoms with van der Waals surface area (Å²) < 4.78 is 5.33. The predicted molar refractivity (Wildman–Crippen MR) is 81.4 cm³/mol. The maximum atomic E-state index is 12.1. The van der Waals surface area contributed by atoms with Crippen molar-refractivity contribution in [1.29, 1.82) is 0 Å². The minimum atomic E-state index is -0.0229. The van der Waals surface area contributed by atoms with E-state index in [4.69, 9.17) is 4.74 Å². The molecule has 3 saturated heterocycles. The van der Waals surface area contributed by atoms with Gasteiger partial charge in [0.1, 0.15) is 0 Å². The molecule has 3 aliphatic heterocycles. The molecule has 124 valence electrons. The van der Waals surface area contributed by atoms with Crippen molar-refractivity contribution in [2.24, 2.45) is 5.92 Å². The van der Waals surface area contributed by atoms with E-state index in [9.17, 15) is 9.59 Å². The highest BCUT2D eigenvalue weighted by Gasteiger charge is 2.32. The summed E-state index contributed by atoms with van der Waals surface area (Å²) in [6, 6.07) is -0.0229. The monoisotopic (exact) mass is 310 g/mol. The SMILES string of the molecule is O=C(NC1CC(=O)N(CCN2CCOCC2)C1)C1CCNC1. The van der Waals surface area contributed by atoms with Gasteiger partial charge in [0, 0.05) is 45.7 Å². The molecule has 2 unspecified atom stereocenters. The molecule has 7 nitrogen and oxygen atoms in total. The fraction of sp³-hybridized carbons (Fsp3) is 0.867. The van der Waals surface area contributed by atoms with Gasteiger partial charge < -0.3 is 20.3 Å². The highest BCUT2D eigenvalue weighted by molar-refractivity contribution is 5.83. The van der Waals surface area contributed by atoms with Crippen LogP contribution < -0.4 is 10.6 Å². The smallest absolute Gasteiger partial charge is 0.224 e. The molecule has 2 atom stereocenters. The molecule has 22 heavy (non-hydrogen) atoms. The number of nitrogens with one attached hydrogen (secondary N) is 2. The number of carbonyl (C=O) groups excluding carboxylic acids is 2. The Morgan fingerprint density at radius 2 is 2.14 bits per heavy atom. The summed E-state index contributed by atoms with van der Waals surface area (Å²) >= 11 is 0. The van der Waals surface area contributed by atoms with Crippen LogP contribution >= 0.6 is 0 Å². The molecule has 0 aliphatic carbocycles. The molecular weight excluding hydrogens is 284 g/mol. The Balaban J connectivity index is 1.40. The Hall–Kier alpha value is -1.18. The van der Waals surface area contributed by atoms with E-state index < -0.39 is 0 Å². The average molecular weight is 310 g/mol. The van der Waals surface area contributed by atoms with E-state index >= 15 is 0 Å². The molecule has 3 fully saturated rings. The lowest BCUT2D eigenvalue weighted by molar-refractivity contribution is -0.128. The average Bonchev–Trinajstić information content (AvgIpc) is 3.16. The highest BCUT2D eigenvalue weighted by Crippen LogP contribution is 2.14. The lowest BCUT2D eigenvalue weighted by Crippen LogP contribution is -2.43. The Morgan fingerprint density at radius 3 is 2.86 bits per heavy atom. The molecular formula is C15H26N4O3. The van der Waals surface area contributed by atoms with Crippen LogP contribution in [0, 0.1) is 5.92 Å². The van der Waals surface area contributed by atoms with Crippen molar-refractivity contribution in [3.05, 3.63) is 0 Å². The van der Waals surface area contributed by atoms with Gasteiger partial charge in [-0.3, -0.25) is 14.5 Å². The second-order valence-electron chi connectivity index (χ2n) is 6.39. The van der Waals surface area contributed by atoms with Gasteiger partial charge in [-0.05, 0) is 13.0 Å². The molecule has 0 aromatic rings. The van der Waals surface area contributed by atoms with Gasteiger partial charge in [-0.25, -0.2) is 0 Å². The fourth-order valence-corrected chi connectivity index (χ4v) is 3.37. The van der Waals surface area contributed by atoms with Crippen molar-refractivity contribution in [1.82, 2.24) is 20.4 Å². The first-order valence-electron chi connectivity index (χ1n) is 8.31. The van der Waals surface area contributed by atoms with Crippen LogP contribution in [0.1, 0.15) is 12.8 Å². The zero-order valence-electron chi connectivity index (χ0n) is 13.1. The summed E-state index contributed by atoms with van der Waals surface area (Å²) in [7, 11) is 0. The van der Waals surface area contributed by atoms with E-state index in [0.29, 0.717) is 13.0 Å². The number of morpholine rings is 1. The third-order valence-electron chi connectivity index (χ3n) is 4.78. The van der Waals surface area contributed by atoms with Crippen LogP contribution in [0.25, 0.3) is 0 Å². The van der Waals surface area contributed by atoms with Crippen molar-refractivity contribution in [3.63, 3.8) is 0 Å². The summed E-state index contributed by atoms with van der Waals surface area (Å²) in [6.45, 7) is 7.39. The Labute approximate surface area is 131 Å². The Kier molecular flexibility index (Phi) is 5.28. The van der Waals surface area contributed by atoms with Gasteiger partial charge in [0.25, 0.3) is 0 Å². The van der Waals surface area contributed by atoms with Crippen LogP contribution in [0.2, 0.25) is 0 Å². The third kappa shape index (κ3) is 3.97. The molecule has 3 rings (SSSR count). The van der Waals surface area contributed by atoms with Crippen LogP contribution in [0.15, 0.2) is 0 Å². The van der Waals surface area contributed by atoms with Gasteiger partial charge in [-0.15, -0.1) is 0 Å². The van der Waals surface area contributed by atoms with E-state index in [1.807, 2.05) is 4.90 Å². The minimum absolute atomic E-state index is 0.0229. The minimum Gasteiger partial charge on any atom is -0.379 e. The van der Waals surface area contributed by atoms with E-state index in [-0.39, 0.29) is 23.8 Å². The summed E-state index contributed by atoms with van der Waals surface area (Å²) in [5.41, 5.74) is 0. The number of carbonyl (C=O) groups is 2. The summed E-state index contributed by atoms with van der Waals surface area (Å²) in [5, 5.41) is 6.24. The zero-order valence-corrected chi connectivity index (χ0v) is 13.1. The Morgan fingerprint density at radius 1 is 1.32 bits per heavy atom. The van der Waals surface area contributed by atoms with Crippen molar-refractivity contribution >= 4 is 11.8 Å². The number of ether oxygens (including phenoxy) is 1. The van der Waals surface area contributed by atoms with Gasteiger partial charge in [0.15, 0.2) is 0 Å². The number of hydrogen-bond acceptors (Lipinski definition) is 5. The number of amides is 2. The molecule has 0 aromatic heterocycles. The molecule has 2 amide bonds. The number of hydrogen-bond donors (Lipinski definition) is 2. The van der Waals surface area contributed by atoms with E-state index in [2.05, 4.69) is 15.5 Å². The van der Waals surface area contributed by atoms with Crippen molar-refractivity contribution in [3.8, 4) is 0 Å². The molecule has 2 N–H and O–H groups in total. The van der Waals surface area contributed by atoms with Gasteiger partial charge in [0.05, 0.1) is 25.2 Å². The molecule has 3 aliphatic rings. The Bertz CT molecular complexity index is 406. The van der Waals surface area contributed by atoms with Crippen molar-refractivity contribution in [2.45, 2.75) is 18.9 Å². The molecule has 7 heteroatoms. The summed E-state index contributed by atoms with van der Waals surface area (Å²) in [4.78, 5) is 28.4. The van der Waals surface area contributed by atoms with Crippen LogP contribution in [0.4, 0.5) is 0 Å². The van der Waals surface area contributed by atoms with Crippen molar-refractivity contribution in [2.75, 3.05) is 59.0 Å². The van der Waals surface area contributed by atoms with E-state index in [0.717, 1.165) is 58.9 Å². The maximum absolute atomic E-state index is 12.1. The van der Waals surface area contributed by atoms with Crippen LogP contribution in [-0.4, -0.2) is 86.7 Å². The fourth-order valence-electron chi connectivity index (χ4n) is 3.37. The van der Waals surface area contributed by atoms with E-state index in [1.54, 1.807) is 0 Å². The standard InChI is InChI=1S/C15H26N4O3/c20-14-9-13(17-15(21)12-1-2-16-10-12)11-19(14)4-3-18-5-7-22-8-6-18/h12-13,16H,1-11H2,(H,17,21). The second-order valence-corrected chi connectivity index (χ2v) is 6.39. The quantitative estimate of drug-likeness (QED) is 0.656. The first-order chi connectivity index (χ1) is 10.7. The topological polar surface area (TPSA) is 73.9 Å². The molecule has 3 heterocycles. The first-order valence-corrected chi connectivity index (χ1v) is 8.31. The largest absolute Gasteiger partial charge is 0.379 e. The normalized spacial score (nSPS) is 30.0. The van der Waals surface area contributed by atoms with Crippen LogP contribution in [0.3, 0.4) is 0 Å². The van der Waals surface area contributed by atoms with Gasteiger partial charge in [0.2, 0.25) is 11.8 Å². The van der Waals surface area contributed by atoms with Gasteiger partial charge >= 0.3 is 0 Å². The second kappa shape index (κ2) is 7.39. The maximum Gasteiger partial charge on any atom is 0.224 e. The molecule has 0 radical (unpaired) electrons. The zero-order chi connectivity index (χ0) is 15.4. The van der Waals surface area contributed by atoms with Gasteiger partial charge in [-0.1, -0.05) is 0 Å². The molecule has 0 aromatic carbocycles. The molecule has 0 bridgehead atoms. The number of likely N-dealkylation sites (tertiary alicyclic amines) is 1. The predicted octanol–water partition coefficient (Wildman–Crippen LogP) is -1.35. The van der Waals surface area contributed by atoms with Gasteiger partial charge in [-0.2, -0.15) is 0 Å². The van der Waals surface area contributed by atoms with E-state index in [1.165, 1.54) is 0 Å². The molecule has 0 spiro atoms. The first kappa shape index (κ1) is 15.7. The number of rotatable bonds is 5. The van der Waals surface area contributed by atoms with Crippen LogP contribution in [0.5, 0.6) is 0 Å². The lowest BCUT2D eigenvalue weighted by atomic mass is 10.1. The summed E-state index contributed by atoms with van der Waals surface area (Å²) in [6.07, 6.45) is 1.34. The van der Waals surface area contributed by atoms with Crippen LogP contribution in [-0.2, 0) is 14.3 Å². The summed E-state index contributed by atoms with van der Waals surface area (Å²) in [5.74, 6) is 0.318.